The molecule has 0 saturated heterocycles. The van der Waals surface area contributed by atoms with Crippen LogP contribution in [0.15, 0.2) is 0 Å². The Hall–Kier alpha value is -1.10. The van der Waals surface area contributed by atoms with Crippen molar-refractivity contribution in [2.75, 3.05) is 6.61 Å². The minimum atomic E-state index is -1.01. The molecular weight excluding hydrogens is 210 g/mol. The molecule has 0 aliphatic heterocycles. The summed E-state index contributed by atoms with van der Waals surface area (Å²) in [4.78, 5) is 22.3. The van der Waals surface area contributed by atoms with Gasteiger partial charge in [-0.2, -0.15) is 0 Å². The number of aliphatic carboxylic acids is 1. The van der Waals surface area contributed by atoms with Gasteiger partial charge in [0, 0.05) is 0 Å². The topological polar surface area (TPSA) is 75.6 Å². The van der Waals surface area contributed by atoms with Crippen LogP contribution in [0.3, 0.4) is 0 Å². The lowest BCUT2D eigenvalue weighted by Crippen LogP contribution is -2.45. The summed E-state index contributed by atoms with van der Waals surface area (Å²) in [5.41, 5.74) is 0. The molecule has 5 nitrogen and oxygen atoms in total. The quantitative estimate of drug-likeness (QED) is 0.676. The highest BCUT2D eigenvalue weighted by atomic mass is 16.5. The molecule has 1 aliphatic rings. The Morgan fingerprint density at radius 2 is 2.12 bits per heavy atom. The van der Waals surface area contributed by atoms with Gasteiger partial charge in [0.15, 0.2) is 0 Å². The van der Waals surface area contributed by atoms with Crippen LogP contribution in [-0.4, -0.2) is 35.7 Å². The third kappa shape index (κ3) is 4.18. The molecule has 1 saturated carbocycles. The molecule has 2 atom stereocenters. The number of carbonyl (C=O) groups excluding carboxylic acids is 1. The zero-order valence-corrected chi connectivity index (χ0v) is 9.73. The number of carboxylic acid groups (broad SMARTS) is 1. The number of ether oxygens (including phenoxy) is 1. The van der Waals surface area contributed by atoms with Crippen molar-refractivity contribution in [1.82, 2.24) is 5.32 Å². The Kier molecular flexibility index (Phi) is 4.73. The molecule has 0 spiro atoms. The Morgan fingerprint density at radius 3 is 2.56 bits per heavy atom. The van der Waals surface area contributed by atoms with Crippen LogP contribution >= 0.6 is 0 Å². The zero-order valence-electron chi connectivity index (χ0n) is 9.73. The molecular formula is C11H19NO4. The summed E-state index contributed by atoms with van der Waals surface area (Å²) >= 11 is 0. The molecule has 1 fully saturated rings. The molecule has 92 valence electrons. The monoisotopic (exact) mass is 229 g/mol. The summed E-state index contributed by atoms with van der Waals surface area (Å²) in [5.74, 6) is -0.767. The van der Waals surface area contributed by atoms with Crippen LogP contribution in [0.1, 0.15) is 33.1 Å². The van der Waals surface area contributed by atoms with Crippen molar-refractivity contribution in [2.24, 2.45) is 5.92 Å². The van der Waals surface area contributed by atoms with Crippen LogP contribution in [0, 0.1) is 5.92 Å². The Balaban J connectivity index is 2.27. The van der Waals surface area contributed by atoms with Gasteiger partial charge in [-0.1, -0.05) is 6.92 Å². The van der Waals surface area contributed by atoms with Gasteiger partial charge >= 0.3 is 5.97 Å². The first-order valence-electron chi connectivity index (χ1n) is 5.69. The number of carboxylic acids is 1. The summed E-state index contributed by atoms with van der Waals surface area (Å²) in [6.07, 6.45) is 2.13. The molecule has 0 bridgehead atoms. The van der Waals surface area contributed by atoms with Crippen LogP contribution in [0.4, 0.5) is 0 Å². The predicted molar refractivity (Wildman–Crippen MR) is 58.0 cm³/mol. The fourth-order valence-corrected chi connectivity index (χ4v) is 1.27. The molecule has 2 unspecified atom stereocenters. The normalized spacial score (nSPS) is 18.9. The van der Waals surface area contributed by atoms with Gasteiger partial charge in [-0.25, -0.2) is 4.79 Å². The third-order valence-corrected chi connectivity index (χ3v) is 2.67. The third-order valence-electron chi connectivity index (χ3n) is 2.67. The van der Waals surface area contributed by atoms with Crippen LogP contribution in [0.25, 0.3) is 0 Å². The number of nitrogens with one attached hydrogen (secondary N) is 1. The van der Waals surface area contributed by atoms with E-state index in [1.54, 1.807) is 13.8 Å². The van der Waals surface area contributed by atoms with E-state index < -0.39 is 18.1 Å². The minimum Gasteiger partial charge on any atom is -0.480 e. The Bertz CT molecular complexity index is 263. The maximum atomic E-state index is 11.6. The Labute approximate surface area is 95.2 Å². The molecule has 0 aromatic heterocycles. The molecule has 0 radical (unpaired) electrons. The maximum absolute atomic E-state index is 11.6. The van der Waals surface area contributed by atoms with E-state index in [0.29, 0.717) is 18.9 Å². The van der Waals surface area contributed by atoms with Gasteiger partial charge in [-0.3, -0.25) is 4.79 Å². The van der Waals surface area contributed by atoms with Crippen LogP contribution in [-0.2, 0) is 14.3 Å². The number of carbonyl (C=O) groups is 2. The molecule has 0 aromatic carbocycles. The van der Waals surface area contributed by atoms with Gasteiger partial charge in [0.2, 0.25) is 5.91 Å². The minimum absolute atomic E-state index is 0.352. The van der Waals surface area contributed by atoms with Crippen LogP contribution in [0.5, 0.6) is 0 Å². The highest BCUT2D eigenvalue weighted by Gasteiger charge is 2.25. The van der Waals surface area contributed by atoms with Gasteiger partial charge in [0.25, 0.3) is 0 Å². The van der Waals surface area contributed by atoms with E-state index in [4.69, 9.17) is 9.84 Å². The lowest BCUT2D eigenvalue weighted by atomic mass is 10.2. The summed E-state index contributed by atoms with van der Waals surface area (Å²) in [7, 11) is 0. The predicted octanol–water partition coefficient (Wildman–Crippen LogP) is 0.781. The largest absolute Gasteiger partial charge is 0.480 e. The second-order valence-corrected chi connectivity index (χ2v) is 4.23. The van der Waals surface area contributed by atoms with E-state index in [-0.39, 0.29) is 5.91 Å². The molecule has 5 heteroatoms. The molecule has 0 heterocycles. The average molecular weight is 229 g/mol. The first kappa shape index (κ1) is 13.0. The van der Waals surface area contributed by atoms with Gasteiger partial charge in [0.05, 0.1) is 6.61 Å². The van der Waals surface area contributed by atoms with Crippen molar-refractivity contribution in [1.29, 1.82) is 0 Å². The van der Waals surface area contributed by atoms with E-state index >= 15 is 0 Å². The van der Waals surface area contributed by atoms with E-state index in [0.717, 1.165) is 0 Å². The molecule has 1 rings (SSSR count). The van der Waals surface area contributed by atoms with Gasteiger partial charge in [-0.15, -0.1) is 0 Å². The molecule has 1 aliphatic carbocycles. The average Bonchev–Trinajstić information content (AvgIpc) is 3.05. The summed E-state index contributed by atoms with van der Waals surface area (Å²) < 4.78 is 5.35. The zero-order chi connectivity index (χ0) is 12.1. The molecule has 16 heavy (non-hydrogen) atoms. The van der Waals surface area contributed by atoms with Gasteiger partial charge < -0.3 is 15.2 Å². The van der Waals surface area contributed by atoms with Crippen molar-refractivity contribution >= 4 is 11.9 Å². The van der Waals surface area contributed by atoms with Crippen LogP contribution in [0.2, 0.25) is 0 Å². The van der Waals surface area contributed by atoms with Gasteiger partial charge in [-0.05, 0) is 32.1 Å². The van der Waals surface area contributed by atoms with Crippen molar-refractivity contribution in [3.05, 3.63) is 0 Å². The summed E-state index contributed by atoms with van der Waals surface area (Å²) in [6, 6.07) is -0.820. The molecule has 0 aromatic rings. The number of hydrogen-bond donors (Lipinski definition) is 2. The molecule has 2 N–H and O–H groups in total. The SMILES string of the molecule is CCC(NC(=O)C(C)OCC1CC1)C(=O)O. The fraction of sp³-hybridized carbons (Fsp3) is 0.818. The van der Waals surface area contributed by atoms with E-state index in [1.807, 2.05) is 0 Å². The van der Waals surface area contributed by atoms with Crippen LogP contribution < -0.4 is 5.32 Å². The smallest absolute Gasteiger partial charge is 0.326 e. The molecule has 1 amide bonds. The second-order valence-electron chi connectivity index (χ2n) is 4.23. The highest BCUT2D eigenvalue weighted by molar-refractivity contribution is 5.85. The standard InChI is InChI=1S/C11H19NO4/c1-3-9(11(14)15)12-10(13)7(2)16-6-8-4-5-8/h7-9H,3-6H2,1-2H3,(H,12,13)(H,14,15). The van der Waals surface area contributed by atoms with Crippen molar-refractivity contribution in [2.45, 2.75) is 45.3 Å². The van der Waals surface area contributed by atoms with Crippen molar-refractivity contribution in [3.8, 4) is 0 Å². The first-order valence-corrected chi connectivity index (χ1v) is 5.69. The first-order chi connectivity index (χ1) is 7.54. The second kappa shape index (κ2) is 5.84. The maximum Gasteiger partial charge on any atom is 0.326 e. The lowest BCUT2D eigenvalue weighted by Gasteiger charge is -2.16. The van der Waals surface area contributed by atoms with Gasteiger partial charge in [0.1, 0.15) is 12.1 Å². The van der Waals surface area contributed by atoms with Crippen molar-refractivity contribution < 1.29 is 19.4 Å². The lowest BCUT2D eigenvalue weighted by molar-refractivity contribution is -0.144. The van der Waals surface area contributed by atoms with Crippen molar-refractivity contribution in [3.63, 3.8) is 0 Å². The fourth-order valence-electron chi connectivity index (χ4n) is 1.27. The Morgan fingerprint density at radius 1 is 1.50 bits per heavy atom. The number of rotatable bonds is 7. The number of hydrogen-bond acceptors (Lipinski definition) is 3. The van der Waals surface area contributed by atoms with E-state index in [1.165, 1.54) is 12.8 Å². The summed E-state index contributed by atoms with van der Waals surface area (Å²) in [6.45, 7) is 3.96. The summed E-state index contributed by atoms with van der Waals surface area (Å²) in [5, 5.41) is 11.2. The number of amides is 1. The highest BCUT2D eigenvalue weighted by Crippen LogP contribution is 2.29. The van der Waals surface area contributed by atoms with E-state index in [9.17, 15) is 9.59 Å². The van der Waals surface area contributed by atoms with E-state index in [2.05, 4.69) is 5.32 Å².